The molecule has 4 rings (SSSR count). The number of hydrogen-bond acceptors (Lipinski definition) is 8. The minimum atomic E-state index is -5.48. The molecule has 0 aliphatic heterocycles. The van der Waals surface area contributed by atoms with Gasteiger partial charge in [-0.05, 0) is 6.42 Å². The average molecular weight is 778 g/mol. The number of anilines is 1. The molecule has 0 heterocycles. The second kappa shape index (κ2) is 17.3. The van der Waals surface area contributed by atoms with Crippen molar-refractivity contribution < 1.29 is 39.8 Å². The van der Waals surface area contributed by atoms with E-state index < -0.39 is 36.1 Å². The summed E-state index contributed by atoms with van der Waals surface area (Å²) < 4.78 is 52.8. The van der Waals surface area contributed by atoms with Gasteiger partial charge in [-0.1, -0.05) is 35.7 Å². The van der Waals surface area contributed by atoms with Gasteiger partial charge in [0.15, 0.2) is 0 Å². The molecule has 0 saturated carbocycles. The Morgan fingerprint density at radius 1 is 0.848 bits per heavy atom. The monoisotopic (exact) mass is 776 g/mol. The molecule has 0 spiro atoms. The van der Waals surface area contributed by atoms with Crippen LogP contribution in [0, 0.1) is 0 Å². The summed E-state index contributed by atoms with van der Waals surface area (Å²) in [6.07, 6.45) is 3.28. The van der Waals surface area contributed by atoms with Gasteiger partial charge >= 0.3 is 222 Å². The van der Waals surface area contributed by atoms with Crippen molar-refractivity contribution in [2.45, 2.75) is 44.4 Å². The molecule has 1 unspecified atom stereocenters. The first-order valence-electron chi connectivity index (χ1n) is 14.1. The van der Waals surface area contributed by atoms with E-state index in [4.69, 9.17) is 8.93 Å². The second-order valence-corrected chi connectivity index (χ2v) is 16.2. The first-order chi connectivity index (χ1) is 21.9. The summed E-state index contributed by atoms with van der Waals surface area (Å²) in [6, 6.07) is 26.9. The SMILES string of the molecule is CC(=O)NO[As](=O)(OO)c1c(NS(=O)(=O)c2ccc(-c3ccc(Br)cc3)cc2)cccc1-c1ccccc1.CCCCCC(=O)O. The third kappa shape index (κ3) is 10.4. The third-order valence-electron chi connectivity index (χ3n) is 6.39. The Bertz CT molecular complexity index is 1770. The number of hydrogen-bond donors (Lipinski definition) is 4. The van der Waals surface area contributed by atoms with Crippen LogP contribution in [0.3, 0.4) is 0 Å². The van der Waals surface area contributed by atoms with Crippen molar-refractivity contribution in [3.63, 3.8) is 0 Å². The van der Waals surface area contributed by atoms with Crippen LogP contribution in [-0.2, 0) is 31.1 Å². The topological polar surface area (TPSA) is 168 Å². The van der Waals surface area contributed by atoms with Crippen molar-refractivity contribution in [1.29, 1.82) is 0 Å². The van der Waals surface area contributed by atoms with Crippen LogP contribution in [0.25, 0.3) is 22.3 Å². The molecular weight excluding hydrogens is 743 g/mol. The van der Waals surface area contributed by atoms with E-state index in [1.807, 2.05) is 29.7 Å². The number of benzene rings is 4. The Morgan fingerprint density at radius 2 is 1.46 bits per heavy atom. The molecule has 11 nitrogen and oxygen atoms in total. The van der Waals surface area contributed by atoms with Gasteiger partial charge in [-0.2, -0.15) is 0 Å². The molecule has 0 fully saturated rings. The molecule has 1 atom stereocenters. The zero-order valence-electron chi connectivity index (χ0n) is 25.1. The molecule has 4 aromatic carbocycles. The largest absolute Gasteiger partial charge is 0.481 e. The van der Waals surface area contributed by atoms with Crippen molar-refractivity contribution in [2.24, 2.45) is 0 Å². The molecule has 0 saturated heterocycles. The fourth-order valence-electron chi connectivity index (χ4n) is 4.20. The summed E-state index contributed by atoms with van der Waals surface area (Å²) in [5, 5.41) is 17.8. The van der Waals surface area contributed by atoms with E-state index in [0.29, 0.717) is 12.0 Å². The van der Waals surface area contributed by atoms with Crippen molar-refractivity contribution in [3.8, 4) is 22.3 Å². The first kappa shape index (κ1) is 36.8. The Hall–Kier alpha value is -3.71. The summed E-state index contributed by atoms with van der Waals surface area (Å²) in [6.45, 7) is 3.17. The maximum atomic E-state index is 13.7. The molecule has 46 heavy (non-hydrogen) atoms. The van der Waals surface area contributed by atoms with Crippen LogP contribution in [0.15, 0.2) is 106 Å². The maximum absolute atomic E-state index is 13.7. The number of halogens is 1. The van der Waals surface area contributed by atoms with Gasteiger partial charge in [0.1, 0.15) is 0 Å². The second-order valence-electron chi connectivity index (χ2n) is 9.88. The number of sulfonamides is 1. The van der Waals surface area contributed by atoms with E-state index in [2.05, 4.69) is 31.5 Å². The first-order valence-corrected chi connectivity index (χ1v) is 19.6. The third-order valence-corrected chi connectivity index (χ3v) is 11.6. The number of carbonyl (C=O) groups excluding carboxylic acids is 1. The van der Waals surface area contributed by atoms with Crippen LogP contribution in [0.4, 0.5) is 5.69 Å². The Balaban J connectivity index is 0.000000637. The van der Waals surface area contributed by atoms with E-state index in [1.54, 1.807) is 54.6 Å². The minimum Gasteiger partial charge on any atom is -0.481 e. The standard InChI is InChI=1S/C26H22AsBrN2O7S.C6H12O2/c1-18(31)29-36-27(32,37-33)26-24(21-6-3-2-4-7-21)8-5-9-25(26)30-38(34,35)23-16-12-20(13-17-23)19-10-14-22(28)15-11-19;1-2-3-4-5-6(7)8/h2-17,30,33H,1H3,(H,29,31);2-5H2,1H3,(H,7,8). The number of rotatable bonds is 13. The van der Waals surface area contributed by atoms with Gasteiger partial charge in [-0.25, -0.2) is 0 Å². The number of carbonyl (C=O) groups is 2. The van der Waals surface area contributed by atoms with Gasteiger partial charge < -0.3 is 5.11 Å². The van der Waals surface area contributed by atoms with Crippen molar-refractivity contribution in [1.82, 2.24) is 5.48 Å². The van der Waals surface area contributed by atoms with E-state index in [1.165, 1.54) is 18.2 Å². The molecule has 14 heteroatoms. The molecule has 4 aromatic rings. The van der Waals surface area contributed by atoms with Crippen molar-refractivity contribution in [3.05, 3.63) is 102 Å². The van der Waals surface area contributed by atoms with E-state index in [-0.39, 0.29) is 20.5 Å². The Labute approximate surface area is 279 Å². The summed E-state index contributed by atoms with van der Waals surface area (Å²) in [7, 11) is -4.19. The normalized spacial score (nSPS) is 12.3. The number of carboxylic acids is 1. The van der Waals surface area contributed by atoms with Crippen LogP contribution in [-0.4, -0.2) is 44.8 Å². The molecule has 0 aliphatic rings. The number of nitrogens with one attached hydrogen (secondary N) is 2. The van der Waals surface area contributed by atoms with Crippen molar-refractivity contribution >= 4 is 62.0 Å². The molecule has 1 amide bonds. The number of carboxylic acid groups (broad SMARTS) is 1. The quantitative estimate of drug-likeness (QED) is 0.0522. The molecule has 0 radical (unpaired) electrons. The van der Waals surface area contributed by atoms with Crippen LogP contribution >= 0.6 is 15.9 Å². The number of unbranched alkanes of at least 4 members (excludes halogenated alkanes) is 2. The smallest absolute Gasteiger partial charge is 0.303 e. The van der Waals surface area contributed by atoms with E-state index in [0.717, 1.165) is 41.8 Å². The zero-order chi connectivity index (χ0) is 33.7. The van der Waals surface area contributed by atoms with Crippen molar-refractivity contribution in [2.75, 3.05) is 4.72 Å². The molecule has 4 N–H and O–H groups in total. The predicted octanol–water partition coefficient (Wildman–Crippen LogP) is 6.37. The zero-order valence-corrected chi connectivity index (χ0v) is 29.3. The molecular formula is C32H34AsBrN2O9S. The Morgan fingerprint density at radius 3 is 2.00 bits per heavy atom. The van der Waals surface area contributed by atoms with Crippen LogP contribution in [0.2, 0.25) is 0 Å². The van der Waals surface area contributed by atoms with Crippen LogP contribution in [0.1, 0.15) is 39.5 Å². The van der Waals surface area contributed by atoms with Gasteiger partial charge in [0.05, 0.1) is 0 Å². The average Bonchev–Trinajstić information content (AvgIpc) is 3.04. The number of aliphatic carboxylic acids is 1. The van der Waals surface area contributed by atoms with Crippen LogP contribution in [0.5, 0.6) is 0 Å². The van der Waals surface area contributed by atoms with E-state index in [9.17, 15) is 27.0 Å². The maximum Gasteiger partial charge on any atom is 0.303 e. The van der Waals surface area contributed by atoms with Gasteiger partial charge in [0, 0.05) is 6.42 Å². The Kier molecular flexibility index (Phi) is 13.8. The molecule has 0 aromatic heterocycles. The summed E-state index contributed by atoms with van der Waals surface area (Å²) in [5.41, 5.74) is 4.32. The number of amides is 1. The predicted molar refractivity (Wildman–Crippen MR) is 179 cm³/mol. The van der Waals surface area contributed by atoms with Gasteiger partial charge in [0.25, 0.3) is 0 Å². The fraction of sp³-hybridized carbons (Fsp3) is 0.188. The fourth-order valence-corrected chi connectivity index (χ4v) is 8.59. The van der Waals surface area contributed by atoms with Gasteiger partial charge in [-0.15, -0.1) is 0 Å². The molecule has 244 valence electrons. The van der Waals surface area contributed by atoms with Gasteiger partial charge in [-0.3, -0.25) is 4.79 Å². The summed E-state index contributed by atoms with van der Waals surface area (Å²) in [5.74, 6) is -1.38. The number of hydroxylamine groups is 1. The minimum absolute atomic E-state index is 0.0516. The summed E-state index contributed by atoms with van der Waals surface area (Å²) in [4.78, 5) is 21.3. The summed E-state index contributed by atoms with van der Waals surface area (Å²) >= 11 is -2.10. The molecule has 0 bridgehead atoms. The van der Waals surface area contributed by atoms with Crippen LogP contribution < -0.4 is 14.6 Å². The molecule has 0 aliphatic carbocycles. The van der Waals surface area contributed by atoms with Gasteiger partial charge in [0.2, 0.25) is 0 Å². The van der Waals surface area contributed by atoms with E-state index >= 15 is 0 Å².